The fourth-order valence-corrected chi connectivity index (χ4v) is 1.62. The Labute approximate surface area is 105 Å². The molecule has 4 nitrogen and oxygen atoms in total. The van der Waals surface area contributed by atoms with E-state index in [0.29, 0.717) is 32.7 Å². The lowest BCUT2D eigenvalue weighted by atomic mass is 9.84. The standard InChI is InChI=1S/C13H28N2O2/c1-5-17-11-10-15(4)12(16)6-7-13(2,3)8-9-14/h5-11,14H2,1-4H3. The van der Waals surface area contributed by atoms with Crippen LogP contribution in [-0.4, -0.2) is 44.2 Å². The van der Waals surface area contributed by atoms with Gasteiger partial charge >= 0.3 is 0 Å². The molecule has 0 atom stereocenters. The summed E-state index contributed by atoms with van der Waals surface area (Å²) in [6.45, 7) is 8.94. The Hall–Kier alpha value is -0.610. The van der Waals surface area contributed by atoms with E-state index in [0.717, 1.165) is 12.8 Å². The van der Waals surface area contributed by atoms with E-state index in [1.54, 1.807) is 4.90 Å². The average Bonchev–Trinajstić information content (AvgIpc) is 2.26. The molecule has 0 aliphatic heterocycles. The number of rotatable bonds is 9. The van der Waals surface area contributed by atoms with Gasteiger partial charge in [0.25, 0.3) is 0 Å². The predicted molar refractivity (Wildman–Crippen MR) is 70.8 cm³/mol. The average molecular weight is 244 g/mol. The zero-order chi connectivity index (χ0) is 13.3. The second kappa shape index (κ2) is 8.48. The van der Waals surface area contributed by atoms with Crippen molar-refractivity contribution in [3.05, 3.63) is 0 Å². The molecule has 2 N–H and O–H groups in total. The SMILES string of the molecule is CCOCCN(C)C(=O)CCC(C)(C)CCN. The van der Waals surface area contributed by atoms with E-state index in [1.165, 1.54) is 0 Å². The normalized spacial score (nSPS) is 11.6. The highest BCUT2D eigenvalue weighted by Crippen LogP contribution is 2.26. The Morgan fingerprint density at radius 2 is 2.00 bits per heavy atom. The smallest absolute Gasteiger partial charge is 0.222 e. The summed E-state index contributed by atoms with van der Waals surface area (Å²) >= 11 is 0. The Morgan fingerprint density at radius 3 is 2.53 bits per heavy atom. The molecule has 0 saturated carbocycles. The van der Waals surface area contributed by atoms with Crippen molar-refractivity contribution in [1.82, 2.24) is 4.90 Å². The molecule has 0 saturated heterocycles. The summed E-state index contributed by atoms with van der Waals surface area (Å²) in [6.07, 6.45) is 2.45. The number of amides is 1. The van der Waals surface area contributed by atoms with Crippen molar-refractivity contribution in [3.63, 3.8) is 0 Å². The molecule has 0 heterocycles. The number of ether oxygens (including phenoxy) is 1. The molecule has 102 valence electrons. The summed E-state index contributed by atoms with van der Waals surface area (Å²) in [4.78, 5) is 13.6. The zero-order valence-corrected chi connectivity index (χ0v) is 11.8. The van der Waals surface area contributed by atoms with Crippen molar-refractivity contribution in [2.45, 2.75) is 40.0 Å². The van der Waals surface area contributed by atoms with E-state index in [9.17, 15) is 4.79 Å². The fraction of sp³-hybridized carbons (Fsp3) is 0.923. The number of nitrogens with two attached hydrogens (primary N) is 1. The summed E-state index contributed by atoms with van der Waals surface area (Å²) in [5.41, 5.74) is 5.71. The first-order valence-electron chi connectivity index (χ1n) is 6.44. The maximum Gasteiger partial charge on any atom is 0.222 e. The first kappa shape index (κ1) is 16.4. The molecular formula is C13H28N2O2. The van der Waals surface area contributed by atoms with Crippen molar-refractivity contribution in [2.75, 3.05) is 33.4 Å². The van der Waals surface area contributed by atoms with E-state index in [-0.39, 0.29) is 11.3 Å². The summed E-state index contributed by atoms with van der Waals surface area (Å²) in [5.74, 6) is 0.190. The topological polar surface area (TPSA) is 55.6 Å². The van der Waals surface area contributed by atoms with Gasteiger partial charge in [-0.25, -0.2) is 0 Å². The molecule has 0 aromatic carbocycles. The first-order valence-corrected chi connectivity index (χ1v) is 6.44. The first-order chi connectivity index (χ1) is 7.93. The van der Waals surface area contributed by atoms with Gasteiger partial charge in [0.15, 0.2) is 0 Å². The Bertz CT molecular complexity index is 217. The summed E-state index contributed by atoms with van der Waals surface area (Å²) in [7, 11) is 1.83. The molecule has 4 heteroatoms. The van der Waals surface area contributed by atoms with Gasteiger partial charge in [-0.05, 0) is 31.7 Å². The number of hydrogen-bond acceptors (Lipinski definition) is 3. The largest absolute Gasteiger partial charge is 0.380 e. The molecule has 0 spiro atoms. The molecule has 0 fully saturated rings. The number of carbonyl (C=O) groups excluding carboxylic acids is 1. The van der Waals surface area contributed by atoms with Gasteiger partial charge < -0.3 is 15.4 Å². The molecule has 0 bridgehead atoms. The Morgan fingerprint density at radius 1 is 1.35 bits per heavy atom. The lowest BCUT2D eigenvalue weighted by Gasteiger charge is -2.25. The van der Waals surface area contributed by atoms with Crippen molar-refractivity contribution >= 4 is 5.91 Å². The van der Waals surface area contributed by atoms with E-state index in [4.69, 9.17) is 10.5 Å². The lowest BCUT2D eigenvalue weighted by Crippen LogP contribution is -2.31. The molecule has 0 radical (unpaired) electrons. The van der Waals surface area contributed by atoms with Crippen LogP contribution in [0.3, 0.4) is 0 Å². The maximum atomic E-state index is 11.8. The highest BCUT2D eigenvalue weighted by atomic mass is 16.5. The van der Waals surface area contributed by atoms with Crippen molar-refractivity contribution in [2.24, 2.45) is 11.1 Å². The molecule has 0 aliphatic carbocycles. The third kappa shape index (κ3) is 8.16. The number of hydrogen-bond donors (Lipinski definition) is 1. The van der Waals surface area contributed by atoms with Gasteiger partial charge in [0.1, 0.15) is 0 Å². The Balaban J connectivity index is 3.84. The molecule has 0 aromatic rings. The molecule has 0 rings (SSSR count). The maximum absolute atomic E-state index is 11.8. The van der Waals surface area contributed by atoms with Gasteiger partial charge in [-0.15, -0.1) is 0 Å². The highest BCUT2D eigenvalue weighted by molar-refractivity contribution is 5.75. The van der Waals surface area contributed by atoms with Gasteiger partial charge in [0.2, 0.25) is 5.91 Å². The van der Waals surface area contributed by atoms with E-state index in [2.05, 4.69) is 13.8 Å². The fourth-order valence-electron chi connectivity index (χ4n) is 1.62. The molecular weight excluding hydrogens is 216 g/mol. The van der Waals surface area contributed by atoms with Crippen molar-refractivity contribution in [1.29, 1.82) is 0 Å². The van der Waals surface area contributed by atoms with Crippen LogP contribution in [0.25, 0.3) is 0 Å². The number of nitrogens with zero attached hydrogens (tertiary/aromatic N) is 1. The lowest BCUT2D eigenvalue weighted by molar-refractivity contribution is -0.131. The van der Waals surface area contributed by atoms with Crippen LogP contribution < -0.4 is 5.73 Å². The molecule has 17 heavy (non-hydrogen) atoms. The summed E-state index contributed by atoms with van der Waals surface area (Å²) in [5, 5.41) is 0. The molecule has 0 aliphatic rings. The third-order valence-electron chi connectivity index (χ3n) is 3.04. The minimum Gasteiger partial charge on any atom is -0.380 e. The van der Waals surface area contributed by atoms with Crippen LogP contribution in [0.5, 0.6) is 0 Å². The van der Waals surface area contributed by atoms with Crippen LogP contribution in [0, 0.1) is 5.41 Å². The van der Waals surface area contributed by atoms with Gasteiger partial charge in [0, 0.05) is 26.6 Å². The quantitative estimate of drug-likeness (QED) is 0.627. The van der Waals surface area contributed by atoms with Crippen LogP contribution in [0.1, 0.15) is 40.0 Å². The third-order valence-corrected chi connectivity index (χ3v) is 3.04. The Kier molecular flexibility index (Phi) is 8.17. The van der Waals surface area contributed by atoms with Crippen LogP contribution in [0.15, 0.2) is 0 Å². The van der Waals surface area contributed by atoms with E-state index in [1.807, 2.05) is 14.0 Å². The monoisotopic (exact) mass is 244 g/mol. The number of carbonyl (C=O) groups is 1. The predicted octanol–water partition coefficient (Wildman–Crippen LogP) is 1.64. The van der Waals surface area contributed by atoms with Crippen molar-refractivity contribution in [3.8, 4) is 0 Å². The van der Waals surface area contributed by atoms with Crippen molar-refractivity contribution < 1.29 is 9.53 Å². The van der Waals surface area contributed by atoms with E-state index < -0.39 is 0 Å². The minimum atomic E-state index is 0.158. The zero-order valence-electron chi connectivity index (χ0n) is 11.8. The van der Waals surface area contributed by atoms with Gasteiger partial charge in [-0.2, -0.15) is 0 Å². The second-order valence-corrected chi connectivity index (χ2v) is 5.22. The summed E-state index contributed by atoms with van der Waals surface area (Å²) < 4.78 is 5.23. The second-order valence-electron chi connectivity index (χ2n) is 5.22. The molecule has 1 amide bonds. The molecule has 0 aromatic heterocycles. The van der Waals surface area contributed by atoms with Gasteiger partial charge in [-0.1, -0.05) is 13.8 Å². The van der Waals surface area contributed by atoms with E-state index >= 15 is 0 Å². The van der Waals surface area contributed by atoms with Crippen LogP contribution in [-0.2, 0) is 9.53 Å². The van der Waals surface area contributed by atoms with Gasteiger partial charge in [-0.3, -0.25) is 4.79 Å². The van der Waals surface area contributed by atoms with Gasteiger partial charge in [0.05, 0.1) is 6.61 Å². The number of likely N-dealkylation sites (N-methyl/N-ethyl adjacent to an activating group) is 1. The highest BCUT2D eigenvalue weighted by Gasteiger charge is 2.19. The molecule has 0 unspecified atom stereocenters. The van der Waals surface area contributed by atoms with Crippen LogP contribution in [0.4, 0.5) is 0 Å². The van der Waals surface area contributed by atoms with Crippen LogP contribution >= 0.6 is 0 Å². The summed E-state index contributed by atoms with van der Waals surface area (Å²) in [6, 6.07) is 0. The van der Waals surface area contributed by atoms with Crippen LogP contribution in [0.2, 0.25) is 0 Å². The minimum absolute atomic E-state index is 0.158.